The summed E-state index contributed by atoms with van der Waals surface area (Å²) < 4.78 is 6.33. The van der Waals surface area contributed by atoms with Crippen molar-refractivity contribution in [3.8, 4) is 0 Å². The molecule has 3 heteroatoms. The first-order chi connectivity index (χ1) is 13.7. The number of hydrogen-bond donors (Lipinski definition) is 1. The van der Waals surface area contributed by atoms with Crippen LogP contribution in [-0.2, 0) is 11.0 Å². The van der Waals surface area contributed by atoms with Gasteiger partial charge >= 0.3 is 0 Å². The maximum absolute atomic E-state index is 10.1. The van der Waals surface area contributed by atoms with Crippen LogP contribution in [0.15, 0.2) is 42.5 Å². The Morgan fingerprint density at radius 1 is 1.03 bits per heavy atom. The standard InChI is InChI=1S/C26H44O2Si/c1-7-8-9-10-11-12-19-25(27)20-14-13-16-23-17-15-18-24(21-23)22-28-29(5,6)26(2,3)4/h13-18,20-21,25,27H,7-12,19,22H2,1-6H3. The van der Waals surface area contributed by atoms with Gasteiger partial charge in [-0.2, -0.15) is 0 Å². The van der Waals surface area contributed by atoms with Crippen LogP contribution in [0.4, 0.5) is 0 Å². The average molecular weight is 417 g/mol. The zero-order chi connectivity index (χ0) is 21.8. The molecule has 164 valence electrons. The van der Waals surface area contributed by atoms with E-state index in [0.29, 0.717) is 6.61 Å². The average Bonchev–Trinajstić information content (AvgIpc) is 2.66. The molecule has 0 aliphatic rings. The van der Waals surface area contributed by atoms with Crippen molar-refractivity contribution < 1.29 is 9.53 Å². The summed E-state index contributed by atoms with van der Waals surface area (Å²) in [6, 6.07) is 8.50. The monoisotopic (exact) mass is 416 g/mol. The van der Waals surface area contributed by atoms with Gasteiger partial charge in [0, 0.05) is 0 Å². The van der Waals surface area contributed by atoms with Crippen LogP contribution < -0.4 is 0 Å². The summed E-state index contributed by atoms with van der Waals surface area (Å²) in [5, 5.41) is 10.3. The van der Waals surface area contributed by atoms with E-state index in [1.807, 2.05) is 18.2 Å². The fourth-order valence-electron chi connectivity index (χ4n) is 2.86. The fraction of sp³-hybridized carbons (Fsp3) is 0.615. The Morgan fingerprint density at radius 2 is 1.72 bits per heavy atom. The molecule has 1 rings (SSSR count). The van der Waals surface area contributed by atoms with Crippen molar-refractivity contribution in [2.75, 3.05) is 0 Å². The van der Waals surface area contributed by atoms with E-state index in [-0.39, 0.29) is 11.1 Å². The van der Waals surface area contributed by atoms with Gasteiger partial charge in [0.25, 0.3) is 0 Å². The van der Waals surface area contributed by atoms with Gasteiger partial charge in [0.2, 0.25) is 0 Å². The molecule has 0 fully saturated rings. The lowest BCUT2D eigenvalue weighted by Gasteiger charge is -2.36. The van der Waals surface area contributed by atoms with E-state index < -0.39 is 8.32 Å². The van der Waals surface area contributed by atoms with Crippen molar-refractivity contribution in [3.05, 3.63) is 53.6 Å². The van der Waals surface area contributed by atoms with E-state index in [1.165, 1.54) is 37.7 Å². The van der Waals surface area contributed by atoms with Crippen LogP contribution in [-0.4, -0.2) is 19.5 Å². The molecule has 1 N–H and O–H groups in total. The minimum atomic E-state index is -1.73. The summed E-state index contributed by atoms with van der Waals surface area (Å²) in [5.74, 6) is 0. The molecule has 0 amide bonds. The fourth-order valence-corrected chi connectivity index (χ4v) is 3.82. The van der Waals surface area contributed by atoms with E-state index in [1.54, 1.807) is 0 Å². The molecule has 0 aromatic heterocycles. The van der Waals surface area contributed by atoms with Crippen LogP contribution in [0.1, 0.15) is 83.8 Å². The molecule has 0 saturated carbocycles. The van der Waals surface area contributed by atoms with E-state index in [0.717, 1.165) is 18.4 Å². The van der Waals surface area contributed by atoms with E-state index in [2.05, 4.69) is 71.1 Å². The minimum absolute atomic E-state index is 0.228. The van der Waals surface area contributed by atoms with Crippen LogP contribution >= 0.6 is 0 Å². The number of unbranched alkanes of at least 4 members (excludes halogenated alkanes) is 5. The number of hydrogen-bond acceptors (Lipinski definition) is 2. The highest BCUT2D eigenvalue weighted by Gasteiger charge is 2.36. The summed E-state index contributed by atoms with van der Waals surface area (Å²) in [5.41, 5.74) is 2.38. The highest BCUT2D eigenvalue weighted by atomic mass is 28.4. The molecule has 0 heterocycles. The summed E-state index contributed by atoms with van der Waals surface area (Å²) in [6.45, 7) is 14.3. The van der Waals surface area contributed by atoms with Crippen molar-refractivity contribution in [1.29, 1.82) is 0 Å². The van der Waals surface area contributed by atoms with Gasteiger partial charge in [0.15, 0.2) is 8.32 Å². The number of aliphatic hydroxyl groups is 1. The topological polar surface area (TPSA) is 29.5 Å². The molecular formula is C26H44O2Si. The van der Waals surface area contributed by atoms with Gasteiger partial charge in [-0.05, 0) is 41.7 Å². The maximum atomic E-state index is 10.1. The Bertz CT molecular complexity index is 626. The van der Waals surface area contributed by atoms with Crippen molar-refractivity contribution >= 4 is 14.4 Å². The van der Waals surface area contributed by atoms with Crippen molar-refractivity contribution in [2.45, 2.75) is 103 Å². The van der Waals surface area contributed by atoms with E-state index >= 15 is 0 Å². The van der Waals surface area contributed by atoms with Crippen LogP contribution in [0.2, 0.25) is 18.1 Å². The second-order valence-electron chi connectivity index (χ2n) is 9.66. The van der Waals surface area contributed by atoms with Crippen LogP contribution in [0.3, 0.4) is 0 Å². The van der Waals surface area contributed by atoms with Crippen LogP contribution in [0.5, 0.6) is 0 Å². The largest absolute Gasteiger partial charge is 0.413 e. The molecule has 1 aromatic carbocycles. The molecule has 0 aliphatic carbocycles. The van der Waals surface area contributed by atoms with Crippen molar-refractivity contribution in [3.63, 3.8) is 0 Å². The molecule has 0 radical (unpaired) electrons. The summed E-state index contributed by atoms with van der Waals surface area (Å²) in [6.07, 6.45) is 16.0. The highest BCUT2D eigenvalue weighted by Crippen LogP contribution is 2.37. The summed E-state index contributed by atoms with van der Waals surface area (Å²) in [4.78, 5) is 0. The normalized spacial score (nSPS) is 14.2. The quantitative estimate of drug-likeness (QED) is 0.201. The summed E-state index contributed by atoms with van der Waals surface area (Å²) in [7, 11) is -1.73. The zero-order valence-corrected chi connectivity index (χ0v) is 20.7. The molecule has 1 unspecified atom stereocenters. The highest BCUT2D eigenvalue weighted by molar-refractivity contribution is 6.74. The third kappa shape index (κ3) is 11.0. The third-order valence-corrected chi connectivity index (χ3v) is 10.4. The Kier molecular flexibility index (Phi) is 11.8. The lowest BCUT2D eigenvalue weighted by molar-refractivity contribution is 0.208. The number of aliphatic hydroxyl groups excluding tert-OH is 1. The van der Waals surface area contributed by atoms with Crippen molar-refractivity contribution in [2.24, 2.45) is 0 Å². The SMILES string of the molecule is CCCCCCCCC(O)C=CC=Cc1cccc(CO[Si](C)(C)C(C)(C)C)c1. The first kappa shape index (κ1) is 25.9. The molecule has 0 bridgehead atoms. The number of rotatable bonds is 13. The summed E-state index contributed by atoms with van der Waals surface area (Å²) >= 11 is 0. The van der Waals surface area contributed by atoms with Gasteiger partial charge in [0.05, 0.1) is 12.7 Å². The van der Waals surface area contributed by atoms with E-state index in [9.17, 15) is 5.11 Å². The number of allylic oxidation sites excluding steroid dienone is 2. The molecule has 0 aliphatic heterocycles. The lowest BCUT2D eigenvalue weighted by atomic mass is 10.1. The van der Waals surface area contributed by atoms with Gasteiger partial charge in [-0.1, -0.05) is 109 Å². The second-order valence-corrected chi connectivity index (χ2v) is 14.5. The predicted octanol–water partition coefficient (Wildman–Crippen LogP) is 7.89. The maximum Gasteiger partial charge on any atom is 0.192 e. The Morgan fingerprint density at radius 3 is 2.41 bits per heavy atom. The first-order valence-electron chi connectivity index (χ1n) is 11.4. The molecule has 29 heavy (non-hydrogen) atoms. The molecule has 0 saturated heterocycles. The smallest absolute Gasteiger partial charge is 0.192 e. The first-order valence-corrected chi connectivity index (χ1v) is 14.3. The number of benzene rings is 1. The van der Waals surface area contributed by atoms with Gasteiger partial charge in [-0.3, -0.25) is 0 Å². The molecule has 1 atom stereocenters. The van der Waals surface area contributed by atoms with Gasteiger partial charge < -0.3 is 9.53 Å². The Balaban J connectivity index is 2.42. The van der Waals surface area contributed by atoms with Gasteiger partial charge in [-0.15, -0.1) is 0 Å². The Hall–Kier alpha value is -1.16. The van der Waals surface area contributed by atoms with Crippen LogP contribution in [0, 0.1) is 0 Å². The Labute approximate surface area is 181 Å². The third-order valence-electron chi connectivity index (χ3n) is 5.94. The molecule has 0 spiro atoms. The molecule has 1 aromatic rings. The van der Waals surface area contributed by atoms with Crippen LogP contribution in [0.25, 0.3) is 6.08 Å². The molecular weight excluding hydrogens is 372 g/mol. The lowest BCUT2D eigenvalue weighted by Crippen LogP contribution is -2.40. The predicted molar refractivity (Wildman–Crippen MR) is 131 cm³/mol. The van der Waals surface area contributed by atoms with Gasteiger partial charge in [-0.25, -0.2) is 0 Å². The van der Waals surface area contributed by atoms with Gasteiger partial charge in [0.1, 0.15) is 0 Å². The zero-order valence-electron chi connectivity index (χ0n) is 19.7. The minimum Gasteiger partial charge on any atom is -0.413 e. The van der Waals surface area contributed by atoms with Crippen molar-refractivity contribution in [1.82, 2.24) is 0 Å². The second kappa shape index (κ2) is 13.2. The van der Waals surface area contributed by atoms with E-state index in [4.69, 9.17) is 4.43 Å². The molecule has 2 nitrogen and oxygen atoms in total.